The second-order valence-corrected chi connectivity index (χ2v) is 12.7. The van der Waals surface area contributed by atoms with Gasteiger partial charge in [-0.05, 0) is 51.4 Å². The molecule has 8 rings (SSSR count). The molecule has 0 saturated heterocycles. The molecule has 0 bridgehead atoms. The predicted octanol–water partition coefficient (Wildman–Crippen LogP) is 10.4. The van der Waals surface area contributed by atoms with Crippen LogP contribution in [0.25, 0.3) is 55.6 Å². The van der Waals surface area contributed by atoms with Crippen molar-refractivity contribution in [1.29, 1.82) is 0 Å². The summed E-state index contributed by atoms with van der Waals surface area (Å²) in [6.45, 7) is 6.66. The molecular weight excluding hydrogens is 772 g/mol. The Balaban J connectivity index is 0.00000364. The molecule has 0 unspecified atom stereocenters. The molecule has 234 valence electrons. The van der Waals surface area contributed by atoms with Gasteiger partial charge in [0.15, 0.2) is 0 Å². The number of fused-ring (bicyclic) bond motifs is 3. The van der Waals surface area contributed by atoms with E-state index in [-0.39, 0.29) is 26.5 Å². The van der Waals surface area contributed by atoms with Crippen LogP contribution in [0.5, 0.6) is 11.5 Å². The Morgan fingerprint density at radius 1 is 0.646 bits per heavy atom. The van der Waals surface area contributed by atoms with E-state index >= 15 is 0 Å². The maximum atomic E-state index is 6.58. The van der Waals surface area contributed by atoms with Gasteiger partial charge in [0, 0.05) is 35.0 Å². The number of ether oxygens (including phenoxy) is 1. The van der Waals surface area contributed by atoms with Gasteiger partial charge >= 0.3 is 21.1 Å². The molecule has 5 aromatic carbocycles. The van der Waals surface area contributed by atoms with Crippen molar-refractivity contribution in [1.82, 2.24) is 19.3 Å². The summed E-state index contributed by atoms with van der Waals surface area (Å²) in [4.78, 5) is 4.81. The summed E-state index contributed by atoms with van der Waals surface area (Å²) < 4.78 is 10.6. The SMILES string of the molecule is CC(C)(C)c1ccnc(-n2c3[c-]c(Oc4[c-]c(-n5cc(-c6ccccc6)cn5)cc(-c5ccccc5)c4)ccc3c3ccccc32)c1.[Pt+4]. The van der Waals surface area contributed by atoms with Crippen molar-refractivity contribution in [3.05, 3.63) is 158 Å². The summed E-state index contributed by atoms with van der Waals surface area (Å²) in [6.07, 6.45) is 5.79. The van der Waals surface area contributed by atoms with Gasteiger partial charge in [-0.3, -0.25) is 4.68 Å². The molecule has 48 heavy (non-hydrogen) atoms. The van der Waals surface area contributed by atoms with Gasteiger partial charge < -0.3 is 9.30 Å². The monoisotopic (exact) mass is 803 g/mol. The molecule has 0 amide bonds. The molecule has 3 heterocycles. The molecule has 0 aliphatic carbocycles. The predicted molar refractivity (Wildman–Crippen MR) is 189 cm³/mol. The van der Waals surface area contributed by atoms with Gasteiger partial charge in [0.25, 0.3) is 0 Å². The van der Waals surface area contributed by atoms with E-state index in [9.17, 15) is 0 Å². The van der Waals surface area contributed by atoms with Crippen LogP contribution < -0.4 is 4.74 Å². The Bertz CT molecular complexity index is 2370. The number of nitrogens with zero attached hydrogens (tertiary/aromatic N) is 4. The Kier molecular flexibility index (Phi) is 8.33. The molecule has 0 aliphatic heterocycles. The number of benzene rings is 5. The van der Waals surface area contributed by atoms with Crippen LogP contribution in [0.1, 0.15) is 26.3 Å². The molecule has 0 aliphatic rings. The van der Waals surface area contributed by atoms with Crippen LogP contribution in [-0.2, 0) is 26.5 Å². The van der Waals surface area contributed by atoms with E-state index in [4.69, 9.17) is 14.8 Å². The van der Waals surface area contributed by atoms with E-state index in [0.717, 1.165) is 55.6 Å². The van der Waals surface area contributed by atoms with Crippen molar-refractivity contribution >= 4 is 21.8 Å². The van der Waals surface area contributed by atoms with Crippen LogP contribution in [0.15, 0.2) is 140 Å². The smallest absolute Gasteiger partial charge is 0.509 e. The van der Waals surface area contributed by atoms with Crippen molar-refractivity contribution in [2.75, 3.05) is 0 Å². The van der Waals surface area contributed by atoms with Gasteiger partial charge in [0.05, 0.1) is 6.20 Å². The fourth-order valence-electron chi connectivity index (χ4n) is 6.04. The first-order chi connectivity index (χ1) is 22.9. The third-order valence-corrected chi connectivity index (χ3v) is 8.49. The van der Waals surface area contributed by atoms with Gasteiger partial charge in [-0.2, -0.15) is 11.2 Å². The standard InChI is InChI=1S/C42H32N4O.Pt/c1-42(2,3)33-20-21-43-41(24-33)46-39-17-11-10-16-37(39)38-19-18-35(26-40(38)46)47-36-23-31(29-12-6-4-7-13-29)22-34(25-36)45-28-32(27-44-45)30-14-8-5-9-15-30;/h4-24,27-28H,1-3H3;/q-2;+4. The minimum Gasteiger partial charge on any atom is -0.509 e. The fourth-order valence-corrected chi connectivity index (χ4v) is 6.04. The van der Waals surface area contributed by atoms with E-state index in [1.54, 1.807) is 0 Å². The Labute approximate surface area is 294 Å². The molecule has 0 fully saturated rings. The van der Waals surface area contributed by atoms with Crippen LogP contribution in [0.3, 0.4) is 0 Å². The summed E-state index contributed by atoms with van der Waals surface area (Å²) in [5.41, 5.74) is 8.18. The number of hydrogen-bond donors (Lipinski definition) is 0. The van der Waals surface area contributed by atoms with Gasteiger partial charge in [-0.1, -0.05) is 105 Å². The zero-order valence-electron chi connectivity index (χ0n) is 26.8. The summed E-state index contributed by atoms with van der Waals surface area (Å²) in [6, 6.07) is 48.4. The zero-order chi connectivity index (χ0) is 32.0. The first-order valence-corrected chi connectivity index (χ1v) is 15.7. The number of pyridine rings is 1. The third-order valence-electron chi connectivity index (χ3n) is 8.49. The fraction of sp³-hybridized carbons (Fsp3) is 0.0952. The quantitative estimate of drug-likeness (QED) is 0.157. The van der Waals surface area contributed by atoms with Crippen molar-refractivity contribution in [2.45, 2.75) is 26.2 Å². The van der Waals surface area contributed by atoms with E-state index in [1.807, 2.05) is 71.8 Å². The maximum absolute atomic E-state index is 6.58. The largest absolute Gasteiger partial charge is 4.00 e. The van der Waals surface area contributed by atoms with Crippen molar-refractivity contribution in [3.8, 4) is 45.3 Å². The van der Waals surface area contributed by atoms with Crippen LogP contribution in [0.2, 0.25) is 0 Å². The van der Waals surface area contributed by atoms with Gasteiger partial charge in [0.2, 0.25) is 0 Å². The number of aromatic nitrogens is 4. The van der Waals surface area contributed by atoms with Crippen molar-refractivity contribution < 1.29 is 25.8 Å². The van der Waals surface area contributed by atoms with Crippen LogP contribution in [-0.4, -0.2) is 19.3 Å². The normalized spacial score (nSPS) is 11.5. The molecule has 3 aromatic heterocycles. The summed E-state index contributed by atoms with van der Waals surface area (Å²) >= 11 is 0. The average molecular weight is 804 g/mol. The molecule has 6 heteroatoms. The number of rotatable bonds is 6. The van der Waals surface area contributed by atoms with Crippen LogP contribution in [0.4, 0.5) is 0 Å². The topological polar surface area (TPSA) is 44.9 Å². The molecule has 5 nitrogen and oxygen atoms in total. The Hall–Kier alpha value is -5.25. The first kappa shape index (κ1) is 31.4. The van der Waals surface area contributed by atoms with E-state index in [0.29, 0.717) is 11.5 Å². The van der Waals surface area contributed by atoms with E-state index in [2.05, 4.69) is 110 Å². The Morgan fingerprint density at radius 3 is 2.10 bits per heavy atom. The summed E-state index contributed by atoms with van der Waals surface area (Å²) in [5, 5.41) is 6.92. The Morgan fingerprint density at radius 2 is 1.35 bits per heavy atom. The van der Waals surface area contributed by atoms with Gasteiger partial charge in [-0.25, -0.2) is 4.98 Å². The molecule has 0 saturated carbocycles. The second kappa shape index (κ2) is 12.7. The summed E-state index contributed by atoms with van der Waals surface area (Å²) in [7, 11) is 0. The molecule has 0 radical (unpaired) electrons. The zero-order valence-corrected chi connectivity index (χ0v) is 29.1. The molecule has 8 aromatic rings. The summed E-state index contributed by atoms with van der Waals surface area (Å²) in [5.74, 6) is 2.01. The minimum absolute atomic E-state index is 0. The molecular formula is C42H32N4OPt+2. The number of para-hydroxylation sites is 1. The minimum atomic E-state index is -0.0117. The van der Waals surface area contributed by atoms with Crippen LogP contribution >= 0.6 is 0 Å². The van der Waals surface area contributed by atoms with Crippen LogP contribution in [0, 0.1) is 12.1 Å². The number of hydrogen-bond acceptors (Lipinski definition) is 3. The maximum Gasteiger partial charge on any atom is 4.00 e. The average Bonchev–Trinajstić information content (AvgIpc) is 3.72. The van der Waals surface area contributed by atoms with E-state index in [1.165, 1.54) is 5.56 Å². The first-order valence-electron chi connectivity index (χ1n) is 15.7. The third kappa shape index (κ3) is 5.98. The second-order valence-electron chi connectivity index (χ2n) is 12.7. The van der Waals surface area contributed by atoms with Crippen molar-refractivity contribution in [3.63, 3.8) is 0 Å². The molecule has 0 spiro atoms. The molecule has 0 atom stereocenters. The van der Waals surface area contributed by atoms with E-state index < -0.39 is 0 Å². The van der Waals surface area contributed by atoms with Gasteiger partial charge in [-0.15, -0.1) is 41.3 Å². The van der Waals surface area contributed by atoms with Gasteiger partial charge in [0.1, 0.15) is 5.82 Å². The molecule has 0 N–H and O–H groups in total. The van der Waals surface area contributed by atoms with Crippen molar-refractivity contribution in [2.24, 2.45) is 0 Å².